The molecule has 1 N–H and O–H groups in total. The van der Waals surface area contributed by atoms with Gasteiger partial charge in [0.05, 0.1) is 34.2 Å². The van der Waals surface area contributed by atoms with Crippen molar-refractivity contribution in [2.24, 2.45) is 0 Å². The predicted molar refractivity (Wildman–Crippen MR) is 122 cm³/mol. The smallest absolute Gasteiger partial charge is 0.251 e. The average molecular weight is 479 g/mol. The highest BCUT2D eigenvalue weighted by Gasteiger charge is 2.20. The van der Waals surface area contributed by atoms with E-state index in [0.29, 0.717) is 39.8 Å². The van der Waals surface area contributed by atoms with Crippen LogP contribution >= 0.6 is 23.2 Å². The maximum Gasteiger partial charge on any atom is 0.251 e. The molecule has 0 fully saturated rings. The van der Waals surface area contributed by atoms with Crippen molar-refractivity contribution >= 4 is 44.8 Å². The van der Waals surface area contributed by atoms with E-state index in [4.69, 9.17) is 23.2 Å². The van der Waals surface area contributed by atoms with Crippen LogP contribution in [0.3, 0.4) is 0 Å². The molecule has 10 heteroatoms. The SMILES string of the molecule is CS(=O)(=O)N(Cc1cccc(Cl)c1Cl)c1ccc(C(=O)NCCc2cnccn2)cc1. The Morgan fingerprint density at radius 3 is 2.48 bits per heavy atom. The zero-order chi connectivity index (χ0) is 22.4. The van der Waals surface area contributed by atoms with Crippen molar-refractivity contribution in [1.29, 1.82) is 0 Å². The Kier molecular flexibility index (Phi) is 7.48. The van der Waals surface area contributed by atoms with Crippen LogP contribution < -0.4 is 9.62 Å². The molecule has 0 radical (unpaired) electrons. The maximum absolute atomic E-state index is 12.4. The van der Waals surface area contributed by atoms with E-state index in [-0.39, 0.29) is 12.5 Å². The molecule has 0 atom stereocenters. The van der Waals surface area contributed by atoms with Gasteiger partial charge in [-0.2, -0.15) is 0 Å². The van der Waals surface area contributed by atoms with Crippen LogP contribution in [0.2, 0.25) is 10.0 Å². The summed E-state index contributed by atoms with van der Waals surface area (Å²) in [7, 11) is -3.61. The van der Waals surface area contributed by atoms with Crippen LogP contribution in [0.25, 0.3) is 0 Å². The molecule has 0 aliphatic heterocycles. The number of rotatable bonds is 8. The second-order valence-electron chi connectivity index (χ2n) is 6.73. The molecule has 0 saturated heterocycles. The number of anilines is 1. The number of carbonyl (C=O) groups is 1. The van der Waals surface area contributed by atoms with Crippen LogP contribution in [-0.2, 0) is 23.0 Å². The fraction of sp³-hybridized carbons (Fsp3) is 0.190. The second kappa shape index (κ2) is 10.1. The van der Waals surface area contributed by atoms with Gasteiger partial charge in [-0.3, -0.25) is 19.1 Å². The lowest BCUT2D eigenvalue weighted by Crippen LogP contribution is -2.30. The number of nitrogens with zero attached hydrogens (tertiary/aromatic N) is 3. The zero-order valence-electron chi connectivity index (χ0n) is 16.6. The molecule has 0 spiro atoms. The summed E-state index contributed by atoms with van der Waals surface area (Å²) in [4.78, 5) is 20.5. The van der Waals surface area contributed by atoms with Gasteiger partial charge in [-0.25, -0.2) is 8.42 Å². The average Bonchev–Trinajstić information content (AvgIpc) is 2.75. The number of aromatic nitrogens is 2. The number of carbonyl (C=O) groups excluding carboxylic acids is 1. The van der Waals surface area contributed by atoms with Crippen LogP contribution in [0.15, 0.2) is 61.1 Å². The number of amides is 1. The Hall–Kier alpha value is -2.68. The monoisotopic (exact) mass is 478 g/mol. The Morgan fingerprint density at radius 1 is 1.10 bits per heavy atom. The van der Waals surface area contributed by atoms with Crippen molar-refractivity contribution in [1.82, 2.24) is 15.3 Å². The molecule has 0 aliphatic rings. The van der Waals surface area contributed by atoms with Gasteiger partial charge in [0.25, 0.3) is 5.91 Å². The molecular formula is C21H20Cl2N4O3S. The molecular weight excluding hydrogens is 459 g/mol. The van der Waals surface area contributed by atoms with Crippen molar-refractivity contribution in [3.05, 3.63) is 87.9 Å². The molecule has 0 unspecified atom stereocenters. The van der Waals surface area contributed by atoms with Gasteiger partial charge in [0.15, 0.2) is 0 Å². The molecule has 2 aromatic carbocycles. The van der Waals surface area contributed by atoms with Crippen LogP contribution in [-0.4, -0.2) is 37.1 Å². The maximum atomic E-state index is 12.4. The van der Waals surface area contributed by atoms with Gasteiger partial charge < -0.3 is 5.32 Å². The molecule has 3 aromatic rings. The van der Waals surface area contributed by atoms with E-state index in [1.807, 2.05) is 0 Å². The normalized spacial score (nSPS) is 11.2. The molecule has 1 heterocycles. The first-order valence-corrected chi connectivity index (χ1v) is 11.9. The highest BCUT2D eigenvalue weighted by atomic mass is 35.5. The van der Waals surface area contributed by atoms with Gasteiger partial charge >= 0.3 is 0 Å². The van der Waals surface area contributed by atoms with Gasteiger partial charge in [-0.15, -0.1) is 0 Å². The van der Waals surface area contributed by atoms with E-state index in [0.717, 1.165) is 11.9 Å². The number of hydrogen-bond acceptors (Lipinski definition) is 5. The summed E-state index contributed by atoms with van der Waals surface area (Å²) in [6, 6.07) is 11.4. The lowest BCUT2D eigenvalue weighted by molar-refractivity contribution is 0.0954. The molecule has 31 heavy (non-hydrogen) atoms. The van der Waals surface area contributed by atoms with Crippen LogP contribution in [0.5, 0.6) is 0 Å². The highest BCUT2D eigenvalue weighted by molar-refractivity contribution is 7.92. The fourth-order valence-corrected chi connectivity index (χ4v) is 4.13. The number of nitrogens with one attached hydrogen (secondary N) is 1. The van der Waals surface area contributed by atoms with E-state index < -0.39 is 10.0 Å². The summed E-state index contributed by atoms with van der Waals surface area (Å²) in [6.07, 6.45) is 6.50. The van der Waals surface area contributed by atoms with Gasteiger partial charge in [-0.1, -0.05) is 35.3 Å². The fourth-order valence-electron chi connectivity index (χ4n) is 2.87. The quantitative estimate of drug-likeness (QED) is 0.532. The summed E-state index contributed by atoms with van der Waals surface area (Å²) in [5, 5.41) is 3.46. The summed E-state index contributed by atoms with van der Waals surface area (Å²) < 4.78 is 26.0. The third-order valence-electron chi connectivity index (χ3n) is 4.45. The van der Waals surface area contributed by atoms with Crippen molar-refractivity contribution in [3.8, 4) is 0 Å². The minimum Gasteiger partial charge on any atom is -0.352 e. The summed E-state index contributed by atoms with van der Waals surface area (Å²) >= 11 is 12.3. The molecule has 1 aromatic heterocycles. The van der Waals surface area contributed by atoms with Crippen molar-refractivity contribution < 1.29 is 13.2 Å². The minimum absolute atomic E-state index is 0.0158. The largest absolute Gasteiger partial charge is 0.352 e. The summed E-state index contributed by atoms with van der Waals surface area (Å²) in [5.41, 5.74) is 2.18. The van der Waals surface area contributed by atoms with E-state index in [2.05, 4.69) is 15.3 Å². The Labute approximate surface area is 191 Å². The predicted octanol–water partition coefficient (Wildman–Crippen LogP) is 3.72. The van der Waals surface area contributed by atoms with Crippen molar-refractivity contribution in [3.63, 3.8) is 0 Å². The molecule has 7 nitrogen and oxygen atoms in total. The first kappa shape index (κ1) is 23.0. The Bertz CT molecular complexity index is 1160. The molecule has 162 valence electrons. The van der Waals surface area contributed by atoms with Gasteiger partial charge in [-0.05, 0) is 35.9 Å². The van der Waals surface area contributed by atoms with E-state index in [1.165, 1.54) is 4.31 Å². The Balaban J connectivity index is 1.71. The number of sulfonamides is 1. The zero-order valence-corrected chi connectivity index (χ0v) is 19.0. The first-order valence-electron chi connectivity index (χ1n) is 9.29. The Morgan fingerprint density at radius 2 is 1.84 bits per heavy atom. The van der Waals surface area contributed by atoms with Gasteiger partial charge in [0.1, 0.15) is 0 Å². The lowest BCUT2D eigenvalue weighted by Gasteiger charge is -2.23. The number of halogens is 2. The van der Waals surface area contributed by atoms with Crippen LogP contribution in [0, 0.1) is 0 Å². The first-order chi connectivity index (χ1) is 14.8. The molecule has 0 saturated carbocycles. The van der Waals surface area contributed by atoms with E-state index >= 15 is 0 Å². The second-order valence-corrected chi connectivity index (χ2v) is 9.42. The van der Waals surface area contributed by atoms with E-state index in [9.17, 15) is 13.2 Å². The van der Waals surface area contributed by atoms with Crippen LogP contribution in [0.1, 0.15) is 21.6 Å². The third kappa shape index (κ3) is 6.16. The lowest BCUT2D eigenvalue weighted by atomic mass is 10.1. The molecule has 1 amide bonds. The standard InChI is InChI=1S/C21H20Cl2N4O3S/c1-31(29,30)27(14-16-3-2-4-19(22)20(16)23)18-7-5-15(6-8-18)21(28)26-10-9-17-13-24-11-12-25-17/h2-8,11-13H,9-10,14H2,1H3,(H,26,28). The number of hydrogen-bond donors (Lipinski definition) is 1. The minimum atomic E-state index is -3.61. The highest BCUT2D eigenvalue weighted by Crippen LogP contribution is 2.29. The van der Waals surface area contributed by atoms with Crippen molar-refractivity contribution in [2.75, 3.05) is 17.1 Å². The molecule has 0 aliphatic carbocycles. The van der Waals surface area contributed by atoms with Crippen LogP contribution in [0.4, 0.5) is 5.69 Å². The van der Waals surface area contributed by atoms with Crippen molar-refractivity contribution in [2.45, 2.75) is 13.0 Å². The summed E-state index contributed by atoms with van der Waals surface area (Å²) in [5.74, 6) is -0.265. The molecule has 0 bridgehead atoms. The van der Waals surface area contributed by atoms with Gasteiger partial charge in [0, 0.05) is 37.1 Å². The molecule has 3 rings (SSSR count). The third-order valence-corrected chi connectivity index (χ3v) is 6.45. The topological polar surface area (TPSA) is 92.3 Å². The summed E-state index contributed by atoms with van der Waals surface area (Å²) in [6.45, 7) is 0.421. The van der Waals surface area contributed by atoms with E-state index in [1.54, 1.807) is 61.1 Å². The van der Waals surface area contributed by atoms with Gasteiger partial charge in [0.2, 0.25) is 10.0 Å². The number of benzene rings is 2.